The second-order valence-electron chi connectivity index (χ2n) is 6.74. The van der Waals surface area contributed by atoms with Gasteiger partial charge in [-0.15, -0.1) is 0 Å². The van der Waals surface area contributed by atoms with E-state index in [2.05, 4.69) is 0 Å². The molecule has 1 heterocycles. The van der Waals surface area contributed by atoms with E-state index in [1.807, 2.05) is 42.5 Å². The van der Waals surface area contributed by atoms with E-state index >= 15 is 0 Å². The van der Waals surface area contributed by atoms with E-state index in [4.69, 9.17) is 4.74 Å². The molecule has 0 N–H and O–H groups in total. The zero-order valence-corrected chi connectivity index (χ0v) is 16.8. The number of hydrogen-bond acceptors (Lipinski definition) is 4. The van der Waals surface area contributed by atoms with Gasteiger partial charge in [0.1, 0.15) is 18.2 Å². The Hall–Kier alpha value is -3.38. The molecule has 0 aliphatic carbocycles. The van der Waals surface area contributed by atoms with E-state index in [0.717, 1.165) is 28.5 Å². The fourth-order valence-corrected chi connectivity index (χ4v) is 3.80. The first kappa shape index (κ1) is 19.9. The van der Waals surface area contributed by atoms with Crippen LogP contribution in [0.2, 0.25) is 0 Å². The van der Waals surface area contributed by atoms with Crippen molar-refractivity contribution in [1.29, 1.82) is 0 Å². The summed E-state index contributed by atoms with van der Waals surface area (Å²) < 4.78 is 18.7. The Morgan fingerprint density at radius 3 is 2.27 bits per heavy atom. The van der Waals surface area contributed by atoms with Gasteiger partial charge >= 0.3 is 0 Å². The Morgan fingerprint density at radius 2 is 1.57 bits per heavy atom. The van der Waals surface area contributed by atoms with Gasteiger partial charge in [-0.05, 0) is 58.8 Å². The highest BCUT2D eigenvalue weighted by atomic mass is 32.2. The summed E-state index contributed by atoms with van der Waals surface area (Å²) in [6, 6.07) is 22.8. The molecule has 4 nitrogen and oxygen atoms in total. The molecule has 1 fully saturated rings. The van der Waals surface area contributed by atoms with Crippen molar-refractivity contribution in [3.05, 3.63) is 106 Å². The average molecular weight is 419 g/mol. The van der Waals surface area contributed by atoms with Crippen LogP contribution < -0.4 is 4.74 Å². The molecule has 0 aromatic heterocycles. The summed E-state index contributed by atoms with van der Waals surface area (Å²) in [4.78, 5) is 26.6. The van der Waals surface area contributed by atoms with Gasteiger partial charge in [0.05, 0.1) is 11.4 Å². The van der Waals surface area contributed by atoms with Gasteiger partial charge in [0.2, 0.25) is 0 Å². The maximum absolute atomic E-state index is 13.0. The molecular weight excluding hydrogens is 401 g/mol. The van der Waals surface area contributed by atoms with Crippen LogP contribution in [0, 0.1) is 5.82 Å². The van der Waals surface area contributed by atoms with E-state index in [1.165, 1.54) is 17.0 Å². The Balaban J connectivity index is 1.40. The lowest BCUT2D eigenvalue weighted by Crippen LogP contribution is -2.27. The summed E-state index contributed by atoms with van der Waals surface area (Å²) in [5.41, 5.74) is 2.57. The van der Waals surface area contributed by atoms with E-state index in [9.17, 15) is 14.0 Å². The summed E-state index contributed by atoms with van der Waals surface area (Å²) in [5, 5.41) is -0.269. The van der Waals surface area contributed by atoms with Gasteiger partial charge in [-0.1, -0.05) is 54.6 Å². The van der Waals surface area contributed by atoms with Crippen LogP contribution in [0.15, 0.2) is 83.8 Å². The first-order valence-corrected chi connectivity index (χ1v) is 10.2. The number of carbonyl (C=O) groups excluding carboxylic acids is 2. The molecule has 4 rings (SSSR count). The molecule has 6 heteroatoms. The molecule has 1 aliphatic heterocycles. The van der Waals surface area contributed by atoms with Crippen molar-refractivity contribution in [3.8, 4) is 5.75 Å². The topological polar surface area (TPSA) is 46.6 Å². The van der Waals surface area contributed by atoms with E-state index in [0.29, 0.717) is 17.3 Å². The summed E-state index contributed by atoms with van der Waals surface area (Å²) in [6.45, 7) is 0.594. The maximum Gasteiger partial charge on any atom is 0.293 e. The molecule has 1 aliphatic rings. The number of amides is 2. The second-order valence-corrected chi connectivity index (χ2v) is 7.73. The lowest BCUT2D eigenvalue weighted by molar-refractivity contribution is -0.123. The first-order chi connectivity index (χ1) is 14.6. The zero-order valence-electron chi connectivity index (χ0n) is 16.0. The highest BCUT2D eigenvalue weighted by molar-refractivity contribution is 8.18. The van der Waals surface area contributed by atoms with Crippen molar-refractivity contribution in [1.82, 2.24) is 4.90 Å². The smallest absolute Gasteiger partial charge is 0.293 e. The van der Waals surface area contributed by atoms with Crippen molar-refractivity contribution >= 4 is 29.0 Å². The number of carbonyl (C=O) groups is 2. The molecule has 0 saturated carbocycles. The molecule has 150 valence electrons. The Morgan fingerprint density at radius 1 is 0.867 bits per heavy atom. The van der Waals surface area contributed by atoms with Gasteiger partial charge in [-0.25, -0.2) is 4.39 Å². The van der Waals surface area contributed by atoms with Gasteiger partial charge in [-0.3, -0.25) is 14.5 Å². The molecule has 2 amide bonds. The van der Waals surface area contributed by atoms with Crippen molar-refractivity contribution < 1.29 is 18.7 Å². The Labute approximate surface area is 178 Å². The van der Waals surface area contributed by atoms with Crippen LogP contribution >= 0.6 is 11.8 Å². The number of rotatable bonds is 6. The zero-order chi connectivity index (χ0) is 20.9. The van der Waals surface area contributed by atoms with E-state index < -0.39 is 0 Å². The summed E-state index contributed by atoms with van der Waals surface area (Å²) >= 11 is 0.945. The number of imide groups is 1. The lowest BCUT2D eigenvalue weighted by atomic mass is 10.2. The lowest BCUT2D eigenvalue weighted by Gasteiger charge is -2.12. The Kier molecular flexibility index (Phi) is 5.95. The van der Waals surface area contributed by atoms with E-state index in [1.54, 1.807) is 30.3 Å². The van der Waals surface area contributed by atoms with Gasteiger partial charge in [-0.2, -0.15) is 0 Å². The summed E-state index contributed by atoms with van der Waals surface area (Å²) in [7, 11) is 0. The third kappa shape index (κ3) is 4.78. The number of ether oxygens (including phenoxy) is 1. The fourth-order valence-electron chi connectivity index (χ4n) is 2.96. The molecule has 0 bridgehead atoms. The SMILES string of the molecule is O=C1S/C(=C\c2ccc(OCc3ccc(F)cc3)cc2)C(=O)N1Cc1ccccc1. The highest BCUT2D eigenvalue weighted by Gasteiger charge is 2.34. The average Bonchev–Trinajstić information content (AvgIpc) is 3.02. The monoisotopic (exact) mass is 419 g/mol. The van der Waals surface area contributed by atoms with Gasteiger partial charge in [0.15, 0.2) is 0 Å². The van der Waals surface area contributed by atoms with Crippen LogP contribution in [0.3, 0.4) is 0 Å². The highest BCUT2D eigenvalue weighted by Crippen LogP contribution is 2.33. The largest absolute Gasteiger partial charge is 0.489 e. The van der Waals surface area contributed by atoms with Crippen LogP contribution in [0.1, 0.15) is 16.7 Å². The van der Waals surface area contributed by atoms with Crippen molar-refractivity contribution in [2.45, 2.75) is 13.2 Å². The molecule has 0 atom stereocenters. The van der Waals surface area contributed by atoms with Crippen LogP contribution in [-0.4, -0.2) is 16.0 Å². The minimum atomic E-state index is -0.287. The molecule has 0 radical (unpaired) electrons. The van der Waals surface area contributed by atoms with Gasteiger partial charge < -0.3 is 4.74 Å². The number of benzene rings is 3. The third-order valence-electron chi connectivity index (χ3n) is 4.55. The normalized spacial score (nSPS) is 15.1. The molecule has 30 heavy (non-hydrogen) atoms. The molecule has 0 unspecified atom stereocenters. The molecule has 0 spiro atoms. The van der Waals surface area contributed by atoms with Gasteiger partial charge in [0, 0.05) is 0 Å². The first-order valence-electron chi connectivity index (χ1n) is 9.35. The quantitative estimate of drug-likeness (QED) is 0.485. The van der Waals surface area contributed by atoms with Crippen LogP contribution in [0.25, 0.3) is 6.08 Å². The van der Waals surface area contributed by atoms with Crippen molar-refractivity contribution in [3.63, 3.8) is 0 Å². The number of nitrogens with zero attached hydrogens (tertiary/aromatic N) is 1. The van der Waals surface area contributed by atoms with Crippen LogP contribution in [-0.2, 0) is 17.9 Å². The molecule has 3 aromatic carbocycles. The molecule has 3 aromatic rings. The van der Waals surface area contributed by atoms with Crippen LogP contribution in [0.4, 0.5) is 9.18 Å². The standard InChI is InChI=1S/C24H18FNO3S/c25-20-10-6-19(7-11-20)16-29-21-12-8-17(9-13-21)14-22-23(27)26(24(28)30-22)15-18-4-2-1-3-5-18/h1-14H,15-16H2/b22-14-. The number of halogens is 1. The minimum Gasteiger partial charge on any atom is -0.489 e. The summed E-state index contributed by atoms with van der Waals surface area (Å²) in [5.74, 6) is 0.0930. The Bertz CT molecular complexity index is 1080. The molecule has 1 saturated heterocycles. The van der Waals surface area contributed by atoms with E-state index in [-0.39, 0.29) is 23.5 Å². The van der Waals surface area contributed by atoms with Gasteiger partial charge in [0.25, 0.3) is 11.1 Å². The number of thioether (sulfide) groups is 1. The fraction of sp³-hybridized carbons (Fsp3) is 0.0833. The number of hydrogen-bond donors (Lipinski definition) is 0. The van der Waals surface area contributed by atoms with Crippen molar-refractivity contribution in [2.75, 3.05) is 0 Å². The van der Waals surface area contributed by atoms with Crippen molar-refractivity contribution in [2.24, 2.45) is 0 Å². The van der Waals surface area contributed by atoms with Crippen LogP contribution in [0.5, 0.6) is 5.75 Å². The minimum absolute atomic E-state index is 0.263. The second kappa shape index (κ2) is 8.97. The maximum atomic E-state index is 13.0. The summed E-state index contributed by atoms with van der Waals surface area (Å²) in [6.07, 6.45) is 1.71. The third-order valence-corrected chi connectivity index (χ3v) is 5.46. The predicted molar refractivity (Wildman–Crippen MR) is 115 cm³/mol. The molecular formula is C24H18FNO3S. The predicted octanol–water partition coefficient (Wildman–Crippen LogP) is 5.64.